The average Bonchev–Trinajstić information content (AvgIpc) is 2.86. The van der Waals surface area contributed by atoms with Crippen molar-refractivity contribution in [3.8, 4) is 0 Å². The molecule has 36 heavy (non-hydrogen) atoms. The van der Waals surface area contributed by atoms with E-state index in [-0.39, 0.29) is 6.61 Å². The van der Waals surface area contributed by atoms with E-state index >= 15 is 0 Å². The van der Waals surface area contributed by atoms with Crippen molar-refractivity contribution < 1.29 is 41.0 Å². The number of carbonyl (C=O) groups excluding carboxylic acids is 2. The highest BCUT2D eigenvalue weighted by molar-refractivity contribution is 5.99. The standard InChI is InChI=1S/C27H39F5O4/c1-4-5-6-7-8-9-10-11-12-13-14-15-16-17-35-25(33)27(2,3)26(34)36-18-19-20(28)22(30)24(32)23(31)21(19)29/h4-18H2,1-3H3. The molecule has 4 nitrogen and oxygen atoms in total. The molecule has 0 aromatic heterocycles. The van der Waals surface area contributed by atoms with E-state index in [4.69, 9.17) is 4.74 Å². The molecular weight excluding hydrogens is 483 g/mol. The fraction of sp³-hybridized carbons (Fsp3) is 0.704. The van der Waals surface area contributed by atoms with Gasteiger partial charge in [0.05, 0.1) is 12.2 Å². The zero-order valence-corrected chi connectivity index (χ0v) is 21.6. The van der Waals surface area contributed by atoms with Crippen LogP contribution in [0.25, 0.3) is 0 Å². The van der Waals surface area contributed by atoms with Crippen molar-refractivity contribution in [1.29, 1.82) is 0 Å². The fourth-order valence-corrected chi connectivity index (χ4v) is 3.64. The minimum absolute atomic E-state index is 0.102. The maximum atomic E-state index is 13.7. The molecule has 0 saturated carbocycles. The van der Waals surface area contributed by atoms with Gasteiger partial charge < -0.3 is 9.47 Å². The second kappa shape index (κ2) is 16.5. The van der Waals surface area contributed by atoms with E-state index in [1.807, 2.05) is 0 Å². The predicted octanol–water partition coefficient (Wildman–Crippen LogP) is 8.09. The minimum Gasteiger partial charge on any atom is -0.465 e. The van der Waals surface area contributed by atoms with Gasteiger partial charge in [-0.25, -0.2) is 22.0 Å². The zero-order chi connectivity index (χ0) is 27.1. The third-order valence-corrected chi connectivity index (χ3v) is 6.15. The van der Waals surface area contributed by atoms with Gasteiger partial charge in [0.1, 0.15) is 6.61 Å². The number of hydrogen-bond donors (Lipinski definition) is 0. The van der Waals surface area contributed by atoms with E-state index < -0.39 is 58.6 Å². The topological polar surface area (TPSA) is 52.6 Å². The van der Waals surface area contributed by atoms with Crippen molar-refractivity contribution in [2.75, 3.05) is 6.61 Å². The van der Waals surface area contributed by atoms with Crippen LogP contribution in [0, 0.1) is 34.5 Å². The molecule has 0 heterocycles. The highest BCUT2D eigenvalue weighted by Crippen LogP contribution is 2.26. The smallest absolute Gasteiger partial charge is 0.323 e. The summed E-state index contributed by atoms with van der Waals surface area (Å²) >= 11 is 0. The van der Waals surface area contributed by atoms with Gasteiger partial charge in [-0.15, -0.1) is 0 Å². The van der Waals surface area contributed by atoms with E-state index in [0.29, 0.717) is 6.42 Å². The van der Waals surface area contributed by atoms with Crippen LogP contribution in [0.4, 0.5) is 22.0 Å². The predicted molar refractivity (Wildman–Crippen MR) is 126 cm³/mol. The molecule has 0 unspecified atom stereocenters. The lowest BCUT2D eigenvalue weighted by Gasteiger charge is -2.21. The monoisotopic (exact) mass is 522 g/mol. The number of unbranched alkanes of at least 4 members (excludes halogenated alkanes) is 12. The van der Waals surface area contributed by atoms with Gasteiger partial charge >= 0.3 is 11.9 Å². The first-order chi connectivity index (χ1) is 17.1. The number of halogens is 5. The van der Waals surface area contributed by atoms with Crippen LogP contribution in [0.1, 0.15) is 110 Å². The van der Waals surface area contributed by atoms with Crippen molar-refractivity contribution in [2.24, 2.45) is 5.41 Å². The van der Waals surface area contributed by atoms with E-state index in [0.717, 1.165) is 19.3 Å². The Kier molecular flexibility index (Phi) is 14.6. The molecule has 0 atom stereocenters. The minimum atomic E-state index is -2.31. The number of hydrogen-bond acceptors (Lipinski definition) is 4. The Balaban J connectivity index is 2.26. The molecule has 0 fully saturated rings. The molecular formula is C27H39F5O4. The van der Waals surface area contributed by atoms with Crippen LogP contribution < -0.4 is 0 Å². The highest BCUT2D eigenvalue weighted by Gasteiger charge is 2.40. The van der Waals surface area contributed by atoms with Crippen molar-refractivity contribution in [2.45, 2.75) is 111 Å². The van der Waals surface area contributed by atoms with Crippen LogP contribution in [-0.2, 0) is 25.7 Å². The van der Waals surface area contributed by atoms with Gasteiger partial charge in [-0.1, -0.05) is 84.0 Å². The quantitative estimate of drug-likeness (QED) is 0.0488. The molecule has 206 valence electrons. The lowest BCUT2D eigenvalue weighted by molar-refractivity contribution is -0.170. The van der Waals surface area contributed by atoms with E-state index in [1.165, 1.54) is 71.6 Å². The molecule has 0 N–H and O–H groups in total. The number of rotatable bonds is 18. The van der Waals surface area contributed by atoms with E-state index in [2.05, 4.69) is 11.7 Å². The lowest BCUT2D eigenvalue weighted by Crippen LogP contribution is -2.36. The van der Waals surface area contributed by atoms with Crippen LogP contribution in [0.15, 0.2) is 0 Å². The summed E-state index contributed by atoms with van der Waals surface area (Å²) in [7, 11) is 0. The molecule has 0 aliphatic carbocycles. The van der Waals surface area contributed by atoms with Crippen molar-refractivity contribution in [3.63, 3.8) is 0 Å². The van der Waals surface area contributed by atoms with Crippen LogP contribution in [0.2, 0.25) is 0 Å². The summed E-state index contributed by atoms with van der Waals surface area (Å²) < 4.78 is 76.9. The van der Waals surface area contributed by atoms with Crippen LogP contribution in [0.3, 0.4) is 0 Å². The maximum Gasteiger partial charge on any atom is 0.323 e. The Morgan fingerprint density at radius 1 is 0.583 bits per heavy atom. The summed E-state index contributed by atoms with van der Waals surface area (Å²) in [6.45, 7) is 3.48. The van der Waals surface area contributed by atoms with Gasteiger partial charge in [0, 0.05) is 0 Å². The molecule has 0 radical (unpaired) electrons. The Morgan fingerprint density at radius 2 is 0.944 bits per heavy atom. The summed E-state index contributed by atoms with van der Waals surface area (Å²) in [5, 5.41) is 0. The second-order valence-corrected chi connectivity index (χ2v) is 9.63. The van der Waals surface area contributed by atoms with Gasteiger partial charge in [-0.3, -0.25) is 9.59 Å². The first kappa shape index (κ1) is 31.8. The maximum absolute atomic E-state index is 13.7. The van der Waals surface area contributed by atoms with E-state index in [9.17, 15) is 31.5 Å². The van der Waals surface area contributed by atoms with E-state index in [1.54, 1.807) is 0 Å². The molecule has 1 aromatic carbocycles. The van der Waals surface area contributed by atoms with Gasteiger partial charge in [-0.05, 0) is 20.3 Å². The Labute approximate surface area is 210 Å². The summed E-state index contributed by atoms with van der Waals surface area (Å²) in [4.78, 5) is 24.5. The van der Waals surface area contributed by atoms with Gasteiger partial charge in [0.2, 0.25) is 5.82 Å². The molecule has 0 spiro atoms. The number of carbonyl (C=O) groups is 2. The van der Waals surface area contributed by atoms with Gasteiger partial charge in [0.25, 0.3) is 0 Å². The number of esters is 2. The second-order valence-electron chi connectivity index (χ2n) is 9.63. The van der Waals surface area contributed by atoms with Crippen LogP contribution >= 0.6 is 0 Å². The molecule has 0 saturated heterocycles. The van der Waals surface area contributed by atoms with Crippen molar-refractivity contribution in [3.05, 3.63) is 34.6 Å². The zero-order valence-electron chi connectivity index (χ0n) is 21.6. The van der Waals surface area contributed by atoms with Gasteiger partial charge in [0.15, 0.2) is 28.7 Å². The Morgan fingerprint density at radius 3 is 1.39 bits per heavy atom. The Bertz CT molecular complexity index is 813. The van der Waals surface area contributed by atoms with Crippen molar-refractivity contribution >= 4 is 11.9 Å². The number of ether oxygens (including phenoxy) is 2. The molecule has 1 rings (SSSR count). The summed E-state index contributed by atoms with van der Waals surface area (Å²) in [5.74, 6) is -12.9. The van der Waals surface area contributed by atoms with Gasteiger partial charge in [-0.2, -0.15) is 0 Å². The molecule has 0 amide bonds. The summed E-state index contributed by atoms with van der Waals surface area (Å²) in [6, 6.07) is 0. The first-order valence-corrected chi connectivity index (χ1v) is 12.9. The molecule has 1 aromatic rings. The molecule has 0 bridgehead atoms. The SMILES string of the molecule is CCCCCCCCCCCCCCCOC(=O)C(C)(C)C(=O)OCc1c(F)c(F)c(F)c(F)c1F. The van der Waals surface area contributed by atoms with Crippen molar-refractivity contribution in [1.82, 2.24) is 0 Å². The fourth-order valence-electron chi connectivity index (χ4n) is 3.64. The Hall–Kier alpha value is -2.19. The summed E-state index contributed by atoms with van der Waals surface area (Å²) in [6.07, 6.45) is 15.1. The lowest BCUT2D eigenvalue weighted by atomic mass is 9.94. The number of benzene rings is 1. The molecule has 0 aliphatic heterocycles. The molecule has 0 aliphatic rings. The highest BCUT2D eigenvalue weighted by atomic mass is 19.2. The first-order valence-electron chi connectivity index (χ1n) is 12.9. The average molecular weight is 523 g/mol. The summed E-state index contributed by atoms with van der Waals surface area (Å²) in [5.41, 5.74) is -3.11. The third kappa shape index (κ3) is 10.1. The van der Waals surface area contributed by atoms with Crippen LogP contribution in [0.5, 0.6) is 0 Å². The molecule has 9 heteroatoms. The normalized spacial score (nSPS) is 11.6. The largest absolute Gasteiger partial charge is 0.465 e. The van der Waals surface area contributed by atoms with Crippen LogP contribution in [-0.4, -0.2) is 18.5 Å². The third-order valence-electron chi connectivity index (χ3n) is 6.15.